The Morgan fingerprint density at radius 1 is 1.04 bits per heavy atom. The summed E-state index contributed by atoms with van der Waals surface area (Å²) >= 11 is 0. The molecule has 1 saturated heterocycles. The van der Waals surface area contributed by atoms with Gasteiger partial charge in [0.05, 0.1) is 5.69 Å². The summed E-state index contributed by atoms with van der Waals surface area (Å²) in [5.74, 6) is -0.754. The van der Waals surface area contributed by atoms with Crippen LogP contribution in [0.3, 0.4) is 0 Å². The fourth-order valence-electron chi connectivity index (χ4n) is 3.49. The van der Waals surface area contributed by atoms with Crippen molar-refractivity contribution in [3.63, 3.8) is 0 Å². The van der Waals surface area contributed by atoms with Gasteiger partial charge < -0.3 is 9.67 Å². The number of carbonyl (C=O) groups is 1. The Morgan fingerprint density at radius 3 is 2.36 bits per heavy atom. The maximum Gasteiger partial charge on any atom is 0.326 e. The highest BCUT2D eigenvalue weighted by atomic mass is 32.2. The average molecular weight is 399 g/mol. The Bertz CT molecular complexity index is 1100. The molecule has 0 spiro atoms. The van der Waals surface area contributed by atoms with Gasteiger partial charge in [0, 0.05) is 18.9 Å². The van der Waals surface area contributed by atoms with Crippen LogP contribution in [0.5, 0.6) is 5.75 Å². The quantitative estimate of drug-likeness (QED) is 0.623. The number of anilines is 1. The first-order chi connectivity index (χ1) is 13.4. The lowest BCUT2D eigenvalue weighted by Gasteiger charge is -2.16. The monoisotopic (exact) mass is 399 g/mol. The van der Waals surface area contributed by atoms with E-state index in [9.17, 15) is 18.3 Å². The van der Waals surface area contributed by atoms with Gasteiger partial charge in [-0.05, 0) is 47.7 Å². The Morgan fingerprint density at radius 2 is 1.75 bits per heavy atom. The van der Waals surface area contributed by atoms with Crippen LogP contribution in [0.15, 0.2) is 54.9 Å². The molecule has 8 heteroatoms. The van der Waals surface area contributed by atoms with Crippen LogP contribution in [-0.2, 0) is 28.0 Å². The van der Waals surface area contributed by atoms with Crippen molar-refractivity contribution in [1.82, 2.24) is 9.29 Å². The molecule has 1 aliphatic rings. The number of phenols is 1. The number of nitrogens with one attached hydrogen (secondary N) is 1. The topological polar surface area (TPSA) is 91.6 Å². The lowest BCUT2D eigenvalue weighted by Crippen LogP contribution is -2.29. The van der Waals surface area contributed by atoms with Crippen molar-refractivity contribution in [2.45, 2.75) is 25.8 Å². The highest BCUT2D eigenvalue weighted by Gasteiger charge is 2.35. The van der Waals surface area contributed by atoms with Gasteiger partial charge in [-0.25, -0.2) is 9.03 Å². The number of rotatable bonds is 6. The van der Waals surface area contributed by atoms with Crippen LogP contribution in [0.4, 0.5) is 5.69 Å². The van der Waals surface area contributed by atoms with Crippen molar-refractivity contribution in [2.75, 3.05) is 10.8 Å². The predicted molar refractivity (Wildman–Crippen MR) is 107 cm³/mol. The third kappa shape index (κ3) is 3.68. The zero-order valence-electron chi connectivity index (χ0n) is 15.2. The molecule has 28 heavy (non-hydrogen) atoms. The number of unbranched alkanes of at least 4 members (excludes halogenated alkanes) is 1. The molecule has 2 heterocycles. The number of aromatic nitrogens is 1. The van der Waals surface area contributed by atoms with Crippen LogP contribution in [0.2, 0.25) is 0 Å². The molecule has 2 aromatic carbocycles. The summed E-state index contributed by atoms with van der Waals surface area (Å²) in [7, 11) is -3.92. The third-order valence-electron chi connectivity index (χ3n) is 4.87. The van der Waals surface area contributed by atoms with Gasteiger partial charge >= 0.3 is 10.2 Å². The van der Waals surface area contributed by atoms with E-state index >= 15 is 0 Å². The highest BCUT2D eigenvalue weighted by Crippen LogP contribution is 2.31. The maximum absolute atomic E-state index is 11.9. The SMILES string of the molecule is O=C1CN(c2ccc(CCCCn3cc4ccccc4c3)cc2O)S(=O)(=O)N1. The van der Waals surface area contributed by atoms with E-state index in [0.717, 1.165) is 35.7 Å². The largest absolute Gasteiger partial charge is 0.506 e. The molecule has 0 radical (unpaired) electrons. The molecule has 0 saturated carbocycles. The van der Waals surface area contributed by atoms with Gasteiger partial charge in [0.2, 0.25) is 0 Å². The second-order valence-corrected chi connectivity index (χ2v) is 8.54. The minimum absolute atomic E-state index is 0.112. The van der Waals surface area contributed by atoms with Crippen LogP contribution in [-0.4, -0.2) is 30.5 Å². The molecule has 1 amide bonds. The van der Waals surface area contributed by atoms with Crippen LogP contribution in [0, 0.1) is 0 Å². The van der Waals surface area contributed by atoms with E-state index in [-0.39, 0.29) is 18.0 Å². The van der Waals surface area contributed by atoms with Crippen molar-refractivity contribution in [3.8, 4) is 5.75 Å². The van der Waals surface area contributed by atoms with E-state index in [2.05, 4.69) is 29.1 Å². The van der Waals surface area contributed by atoms with Crippen molar-refractivity contribution in [2.24, 2.45) is 0 Å². The van der Waals surface area contributed by atoms with E-state index in [1.165, 1.54) is 10.8 Å². The summed E-state index contributed by atoms with van der Waals surface area (Å²) in [5, 5.41) is 12.7. The molecule has 0 aliphatic carbocycles. The zero-order chi connectivity index (χ0) is 19.7. The molecule has 1 aliphatic heterocycles. The smallest absolute Gasteiger partial charge is 0.326 e. The second-order valence-electron chi connectivity index (χ2n) is 6.94. The summed E-state index contributed by atoms with van der Waals surface area (Å²) in [5.41, 5.74) is 1.04. The molecule has 0 atom stereocenters. The Kier molecular flexibility index (Phi) is 4.72. The molecule has 4 rings (SSSR count). The molecule has 7 nitrogen and oxygen atoms in total. The number of hydrogen-bond donors (Lipinski definition) is 2. The molecular weight excluding hydrogens is 378 g/mol. The van der Waals surface area contributed by atoms with Crippen molar-refractivity contribution < 1.29 is 18.3 Å². The molecule has 3 aromatic rings. The number of carbonyl (C=O) groups excluding carboxylic acids is 1. The number of phenolic OH excluding ortho intramolecular Hbond substituents is 1. The summed E-state index contributed by atoms with van der Waals surface area (Å²) in [6, 6.07) is 13.2. The third-order valence-corrected chi connectivity index (χ3v) is 6.26. The van der Waals surface area contributed by atoms with Gasteiger partial charge in [0.1, 0.15) is 12.3 Å². The van der Waals surface area contributed by atoms with Crippen LogP contribution < -0.4 is 9.03 Å². The lowest BCUT2D eigenvalue weighted by molar-refractivity contribution is -0.117. The number of benzene rings is 2. The molecule has 0 unspecified atom stereocenters. The molecular formula is C20H21N3O4S. The van der Waals surface area contributed by atoms with Crippen LogP contribution >= 0.6 is 0 Å². The minimum Gasteiger partial charge on any atom is -0.506 e. The minimum atomic E-state index is -3.92. The Hall–Kier alpha value is -3.00. The summed E-state index contributed by atoms with van der Waals surface area (Å²) in [6.07, 6.45) is 6.99. The van der Waals surface area contributed by atoms with Crippen LogP contribution in [0.25, 0.3) is 10.8 Å². The second kappa shape index (κ2) is 7.20. The lowest BCUT2D eigenvalue weighted by atomic mass is 10.1. The van der Waals surface area contributed by atoms with Gasteiger partial charge in [-0.2, -0.15) is 8.42 Å². The highest BCUT2D eigenvalue weighted by molar-refractivity contribution is 7.92. The summed E-state index contributed by atoms with van der Waals surface area (Å²) < 4.78 is 28.8. The first kappa shape index (κ1) is 18.4. The Labute approximate surface area is 163 Å². The molecule has 1 fully saturated rings. The standard InChI is InChI=1S/C20H21N3O4S/c24-19-11-15(8-9-18(19)23-14-20(25)21-28(23,26)27)5-3-4-10-22-12-16-6-1-2-7-17(16)13-22/h1-2,6-9,11-13,24H,3-5,10,14H2,(H,21,25). The molecule has 146 valence electrons. The molecule has 2 N–H and O–H groups in total. The van der Waals surface area contributed by atoms with E-state index in [1.807, 2.05) is 16.9 Å². The predicted octanol–water partition coefficient (Wildman–Crippen LogP) is 2.55. The number of nitrogens with zero attached hydrogens (tertiary/aromatic N) is 2. The number of aromatic hydroxyl groups is 1. The van der Waals surface area contributed by atoms with Gasteiger partial charge in [-0.3, -0.25) is 4.79 Å². The Balaban J connectivity index is 1.35. The zero-order valence-corrected chi connectivity index (χ0v) is 16.0. The number of aryl methyl sites for hydroxylation is 2. The number of amides is 1. The van der Waals surface area contributed by atoms with Gasteiger partial charge in [0.25, 0.3) is 5.91 Å². The number of fused-ring (bicyclic) bond motifs is 1. The van der Waals surface area contributed by atoms with E-state index < -0.39 is 16.1 Å². The molecule has 0 bridgehead atoms. The fraction of sp³-hybridized carbons (Fsp3) is 0.250. The summed E-state index contributed by atoms with van der Waals surface area (Å²) in [6.45, 7) is 0.596. The first-order valence-electron chi connectivity index (χ1n) is 9.12. The van der Waals surface area contributed by atoms with E-state index in [0.29, 0.717) is 0 Å². The normalized spacial score (nSPS) is 15.9. The number of hydrogen-bond acceptors (Lipinski definition) is 4. The summed E-state index contributed by atoms with van der Waals surface area (Å²) in [4.78, 5) is 11.4. The fourth-order valence-corrected chi connectivity index (χ4v) is 4.65. The van der Waals surface area contributed by atoms with Gasteiger partial charge in [-0.1, -0.05) is 30.3 Å². The van der Waals surface area contributed by atoms with Crippen molar-refractivity contribution >= 4 is 32.6 Å². The maximum atomic E-state index is 11.9. The first-order valence-corrected chi connectivity index (χ1v) is 10.6. The van der Waals surface area contributed by atoms with Crippen molar-refractivity contribution in [1.29, 1.82) is 0 Å². The van der Waals surface area contributed by atoms with Gasteiger partial charge in [-0.15, -0.1) is 0 Å². The van der Waals surface area contributed by atoms with Gasteiger partial charge in [0.15, 0.2) is 0 Å². The van der Waals surface area contributed by atoms with Crippen molar-refractivity contribution in [3.05, 3.63) is 60.4 Å². The average Bonchev–Trinajstić information content (AvgIpc) is 3.17. The van der Waals surface area contributed by atoms with E-state index in [4.69, 9.17) is 0 Å². The van der Waals surface area contributed by atoms with Crippen LogP contribution in [0.1, 0.15) is 18.4 Å². The van der Waals surface area contributed by atoms with E-state index in [1.54, 1.807) is 18.2 Å². The molecule has 1 aromatic heterocycles.